The lowest BCUT2D eigenvalue weighted by atomic mass is 10.2. The van der Waals surface area contributed by atoms with Crippen LogP contribution in [0.3, 0.4) is 0 Å². The number of hydrogen-bond acceptors (Lipinski definition) is 3. The molecule has 0 saturated carbocycles. The van der Waals surface area contributed by atoms with Crippen LogP contribution in [0.25, 0.3) is 0 Å². The van der Waals surface area contributed by atoms with Crippen molar-refractivity contribution in [2.45, 2.75) is 30.7 Å². The topological polar surface area (TPSA) is 27.7 Å². The van der Waals surface area contributed by atoms with Crippen LogP contribution in [0, 0.1) is 0 Å². The van der Waals surface area contributed by atoms with E-state index in [2.05, 4.69) is 15.9 Å². The third-order valence-corrected chi connectivity index (χ3v) is 3.75. The lowest BCUT2D eigenvalue weighted by molar-refractivity contribution is 0.0899. The number of benzene rings is 1. The Hall–Kier alpha value is -0.740. The Morgan fingerprint density at radius 1 is 1.39 bits per heavy atom. The first-order chi connectivity index (χ1) is 8.83. The summed E-state index contributed by atoms with van der Waals surface area (Å²) < 4.78 is 16.7. The first-order valence-electron chi connectivity index (χ1n) is 6.30. The Labute approximate surface area is 117 Å². The molecule has 0 aliphatic carbocycles. The summed E-state index contributed by atoms with van der Waals surface area (Å²) >= 11 is 3.43. The van der Waals surface area contributed by atoms with Crippen LogP contribution < -0.4 is 9.47 Å². The van der Waals surface area contributed by atoms with E-state index in [0.717, 1.165) is 36.3 Å². The number of rotatable bonds is 6. The molecule has 0 spiro atoms. The summed E-state index contributed by atoms with van der Waals surface area (Å²) in [6, 6.07) is 6.00. The smallest absolute Gasteiger partial charge is 0.161 e. The fourth-order valence-electron chi connectivity index (χ4n) is 2.09. The standard InChI is InChI=1S/C14H19BrO3/c1-16-14-9-11(10-15)4-5-13(14)18-8-6-12-3-2-7-17-12/h4-5,9,12H,2-3,6-8,10H2,1H3. The predicted molar refractivity (Wildman–Crippen MR) is 74.7 cm³/mol. The van der Waals surface area contributed by atoms with E-state index in [0.29, 0.717) is 12.7 Å². The molecule has 4 heteroatoms. The van der Waals surface area contributed by atoms with Crippen molar-refractivity contribution in [1.82, 2.24) is 0 Å². The summed E-state index contributed by atoms with van der Waals surface area (Å²) in [6.45, 7) is 1.57. The van der Waals surface area contributed by atoms with Crippen molar-refractivity contribution in [3.05, 3.63) is 23.8 Å². The normalized spacial score (nSPS) is 18.9. The van der Waals surface area contributed by atoms with Crippen LogP contribution >= 0.6 is 15.9 Å². The molecule has 1 heterocycles. The molecule has 18 heavy (non-hydrogen) atoms. The Bertz CT molecular complexity index is 375. The fourth-order valence-corrected chi connectivity index (χ4v) is 2.44. The van der Waals surface area contributed by atoms with Gasteiger partial charge in [0.05, 0.1) is 19.8 Å². The second-order valence-electron chi connectivity index (χ2n) is 4.39. The van der Waals surface area contributed by atoms with Gasteiger partial charge in [-0.25, -0.2) is 0 Å². The molecule has 1 aliphatic heterocycles. The van der Waals surface area contributed by atoms with Crippen LogP contribution in [0.5, 0.6) is 11.5 Å². The molecule has 1 atom stereocenters. The summed E-state index contributed by atoms with van der Waals surface area (Å²) in [6.07, 6.45) is 3.65. The van der Waals surface area contributed by atoms with Crippen LogP contribution in [0.1, 0.15) is 24.8 Å². The summed E-state index contributed by atoms with van der Waals surface area (Å²) in [5.41, 5.74) is 1.18. The molecule has 1 aromatic carbocycles. The Balaban J connectivity index is 1.87. The molecule has 1 aliphatic rings. The average Bonchev–Trinajstić information content (AvgIpc) is 2.92. The fraction of sp³-hybridized carbons (Fsp3) is 0.571. The van der Waals surface area contributed by atoms with Gasteiger partial charge in [-0.3, -0.25) is 0 Å². The van der Waals surface area contributed by atoms with E-state index in [4.69, 9.17) is 14.2 Å². The molecule has 2 rings (SSSR count). The average molecular weight is 315 g/mol. The molecule has 0 bridgehead atoms. The van der Waals surface area contributed by atoms with Gasteiger partial charge in [-0.05, 0) is 30.5 Å². The molecule has 0 amide bonds. The van der Waals surface area contributed by atoms with Gasteiger partial charge in [-0.1, -0.05) is 22.0 Å². The zero-order valence-electron chi connectivity index (χ0n) is 10.7. The molecule has 1 fully saturated rings. The van der Waals surface area contributed by atoms with E-state index >= 15 is 0 Å². The molecule has 0 aromatic heterocycles. The molecule has 3 nitrogen and oxygen atoms in total. The number of methoxy groups -OCH3 is 1. The molecule has 1 saturated heterocycles. The number of alkyl halides is 1. The lowest BCUT2D eigenvalue weighted by Crippen LogP contribution is -2.11. The SMILES string of the molecule is COc1cc(CBr)ccc1OCCC1CCCO1. The van der Waals surface area contributed by atoms with Gasteiger partial charge in [-0.15, -0.1) is 0 Å². The van der Waals surface area contributed by atoms with Gasteiger partial charge in [0, 0.05) is 18.4 Å². The molecule has 1 aromatic rings. The van der Waals surface area contributed by atoms with Crippen molar-refractivity contribution in [1.29, 1.82) is 0 Å². The van der Waals surface area contributed by atoms with E-state index in [9.17, 15) is 0 Å². The zero-order valence-corrected chi connectivity index (χ0v) is 12.2. The van der Waals surface area contributed by atoms with E-state index < -0.39 is 0 Å². The minimum Gasteiger partial charge on any atom is -0.493 e. The Morgan fingerprint density at radius 3 is 2.94 bits per heavy atom. The van der Waals surface area contributed by atoms with Crippen molar-refractivity contribution in [3.63, 3.8) is 0 Å². The number of halogens is 1. The second-order valence-corrected chi connectivity index (χ2v) is 4.95. The van der Waals surface area contributed by atoms with Crippen LogP contribution in [0.2, 0.25) is 0 Å². The van der Waals surface area contributed by atoms with Crippen molar-refractivity contribution in [2.24, 2.45) is 0 Å². The molecule has 100 valence electrons. The number of ether oxygens (including phenoxy) is 3. The van der Waals surface area contributed by atoms with E-state index in [1.165, 1.54) is 12.0 Å². The molecule has 0 radical (unpaired) electrons. The van der Waals surface area contributed by atoms with Crippen LogP contribution in [-0.2, 0) is 10.1 Å². The molecule has 0 N–H and O–H groups in total. The van der Waals surface area contributed by atoms with Crippen molar-refractivity contribution in [2.75, 3.05) is 20.3 Å². The summed E-state index contributed by atoms with van der Waals surface area (Å²) in [5, 5.41) is 0.819. The van der Waals surface area contributed by atoms with E-state index in [-0.39, 0.29) is 0 Å². The van der Waals surface area contributed by atoms with Crippen molar-refractivity contribution in [3.8, 4) is 11.5 Å². The maximum Gasteiger partial charge on any atom is 0.161 e. The minimum atomic E-state index is 0.373. The van der Waals surface area contributed by atoms with Crippen LogP contribution in [0.15, 0.2) is 18.2 Å². The number of hydrogen-bond donors (Lipinski definition) is 0. The largest absolute Gasteiger partial charge is 0.493 e. The molecule has 1 unspecified atom stereocenters. The summed E-state index contributed by atoms with van der Waals surface area (Å²) in [4.78, 5) is 0. The second kappa shape index (κ2) is 7.00. The van der Waals surface area contributed by atoms with Gasteiger partial charge in [0.15, 0.2) is 11.5 Å². The van der Waals surface area contributed by atoms with Gasteiger partial charge in [0.1, 0.15) is 0 Å². The van der Waals surface area contributed by atoms with Crippen LogP contribution in [0.4, 0.5) is 0 Å². The maximum atomic E-state index is 5.77. The highest BCUT2D eigenvalue weighted by Gasteiger charge is 2.15. The van der Waals surface area contributed by atoms with Gasteiger partial charge < -0.3 is 14.2 Å². The minimum absolute atomic E-state index is 0.373. The quantitative estimate of drug-likeness (QED) is 0.752. The summed E-state index contributed by atoms with van der Waals surface area (Å²) in [7, 11) is 1.67. The zero-order chi connectivity index (χ0) is 12.8. The Morgan fingerprint density at radius 2 is 2.28 bits per heavy atom. The molecular weight excluding hydrogens is 296 g/mol. The van der Waals surface area contributed by atoms with Crippen molar-refractivity contribution < 1.29 is 14.2 Å². The maximum absolute atomic E-state index is 5.77. The van der Waals surface area contributed by atoms with E-state index in [1.807, 2.05) is 18.2 Å². The predicted octanol–water partition coefficient (Wildman–Crippen LogP) is 3.54. The summed E-state index contributed by atoms with van der Waals surface area (Å²) in [5.74, 6) is 1.60. The highest BCUT2D eigenvalue weighted by molar-refractivity contribution is 9.08. The highest BCUT2D eigenvalue weighted by Crippen LogP contribution is 2.29. The van der Waals surface area contributed by atoms with Gasteiger partial charge >= 0.3 is 0 Å². The monoisotopic (exact) mass is 314 g/mol. The van der Waals surface area contributed by atoms with Gasteiger partial charge in [0.2, 0.25) is 0 Å². The van der Waals surface area contributed by atoms with Crippen molar-refractivity contribution >= 4 is 15.9 Å². The van der Waals surface area contributed by atoms with Gasteiger partial charge in [0.25, 0.3) is 0 Å². The lowest BCUT2D eigenvalue weighted by Gasteiger charge is -2.13. The Kier molecular flexibility index (Phi) is 5.32. The van der Waals surface area contributed by atoms with Crippen LogP contribution in [-0.4, -0.2) is 26.4 Å². The van der Waals surface area contributed by atoms with Gasteiger partial charge in [-0.2, -0.15) is 0 Å². The van der Waals surface area contributed by atoms with E-state index in [1.54, 1.807) is 7.11 Å². The first-order valence-corrected chi connectivity index (χ1v) is 7.43. The molecular formula is C14H19BrO3. The highest BCUT2D eigenvalue weighted by atomic mass is 79.9. The third-order valence-electron chi connectivity index (χ3n) is 3.10. The third kappa shape index (κ3) is 3.62. The first kappa shape index (κ1) is 13.7.